The number of carboxylic acids is 1. The molecule has 0 spiro atoms. The number of hydrogen-bond acceptors (Lipinski definition) is 4. The smallest absolute Gasteiger partial charge is 0.340 e. The highest BCUT2D eigenvalue weighted by molar-refractivity contribution is 6.00. The van der Waals surface area contributed by atoms with Crippen LogP contribution in [0.2, 0.25) is 0 Å². The molecule has 6 heteroatoms. The van der Waals surface area contributed by atoms with E-state index in [1.807, 2.05) is 7.05 Å². The number of hydrogen-bond donors (Lipinski definition) is 4. The van der Waals surface area contributed by atoms with E-state index in [-0.39, 0.29) is 11.3 Å². The van der Waals surface area contributed by atoms with Crippen LogP contribution in [0.3, 0.4) is 0 Å². The van der Waals surface area contributed by atoms with Crippen molar-refractivity contribution >= 4 is 17.3 Å². The van der Waals surface area contributed by atoms with Crippen molar-refractivity contribution in [1.29, 1.82) is 0 Å². The van der Waals surface area contributed by atoms with Crippen LogP contribution in [-0.4, -0.2) is 31.2 Å². The largest absolute Gasteiger partial charge is 0.478 e. The Labute approximate surface area is 98.8 Å². The topological polar surface area (TPSA) is 87.4 Å². The van der Waals surface area contributed by atoms with E-state index in [1.54, 1.807) is 0 Å². The molecule has 0 aromatic heterocycles. The summed E-state index contributed by atoms with van der Waals surface area (Å²) in [6.07, 6.45) is 0.826. The summed E-state index contributed by atoms with van der Waals surface area (Å²) in [7, 11) is 1.83. The minimum Gasteiger partial charge on any atom is -0.478 e. The van der Waals surface area contributed by atoms with E-state index in [9.17, 15) is 9.18 Å². The number of nitrogens with two attached hydrogens (primary N) is 1. The first-order valence-corrected chi connectivity index (χ1v) is 5.27. The third-order valence-electron chi connectivity index (χ3n) is 2.33. The van der Waals surface area contributed by atoms with Gasteiger partial charge in [-0.3, -0.25) is 0 Å². The van der Waals surface area contributed by atoms with Gasteiger partial charge in [-0.2, -0.15) is 0 Å². The molecule has 0 aliphatic heterocycles. The lowest BCUT2D eigenvalue weighted by Gasteiger charge is -2.11. The Kier molecular flexibility index (Phi) is 4.71. The summed E-state index contributed by atoms with van der Waals surface area (Å²) in [5.74, 6) is -1.96. The molecule has 5 nitrogen and oxygen atoms in total. The number of anilines is 2. The maximum atomic E-state index is 13.1. The lowest BCUT2D eigenvalue weighted by Crippen LogP contribution is -2.15. The summed E-state index contributed by atoms with van der Waals surface area (Å²) in [5, 5.41) is 14.9. The molecule has 1 aromatic rings. The Bertz CT molecular complexity index is 410. The van der Waals surface area contributed by atoms with Crippen molar-refractivity contribution in [2.75, 3.05) is 31.2 Å². The van der Waals surface area contributed by atoms with E-state index in [2.05, 4.69) is 10.6 Å². The Morgan fingerprint density at radius 3 is 2.76 bits per heavy atom. The number of halogens is 1. The maximum absolute atomic E-state index is 13.1. The van der Waals surface area contributed by atoms with Crippen molar-refractivity contribution in [3.63, 3.8) is 0 Å². The summed E-state index contributed by atoms with van der Waals surface area (Å²) in [6, 6.07) is 2.54. The fourth-order valence-corrected chi connectivity index (χ4v) is 1.46. The van der Waals surface area contributed by atoms with Crippen molar-refractivity contribution in [2.24, 2.45) is 0 Å². The molecule has 0 aliphatic rings. The molecule has 17 heavy (non-hydrogen) atoms. The molecule has 0 saturated carbocycles. The van der Waals surface area contributed by atoms with Gasteiger partial charge in [0.2, 0.25) is 0 Å². The predicted octanol–water partition coefficient (Wildman–Crippen LogP) is 1.13. The highest BCUT2D eigenvalue weighted by Crippen LogP contribution is 2.24. The fraction of sp³-hybridized carbons (Fsp3) is 0.364. The van der Waals surface area contributed by atoms with Crippen LogP contribution in [0.25, 0.3) is 0 Å². The molecule has 94 valence electrons. The second-order valence-electron chi connectivity index (χ2n) is 3.57. The molecule has 1 aromatic carbocycles. The van der Waals surface area contributed by atoms with Crippen LogP contribution in [-0.2, 0) is 0 Å². The normalized spacial score (nSPS) is 10.2. The zero-order chi connectivity index (χ0) is 12.8. The van der Waals surface area contributed by atoms with Gasteiger partial charge in [0.05, 0.1) is 11.4 Å². The summed E-state index contributed by atoms with van der Waals surface area (Å²) in [6.45, 7) is 1.40. The van der Waals surface area contributed by atoms with Gasteiger partial charge < -0.3 is 21.5 Å². The molecule has 0 fully saturated rings. The third-order valence-corrected chi connectivity index (χ3v) is 2.33. The average Bonchev–Trinajstić information content (AvgIpc) is 2.28. The fourth-order valence-electron chi connectivity index (χ4n) is 1.46. The van der Waals surface area contributed by atoms with Gasteiger partial charge in [0.25, 0.3) is 0 Å². The first kappa shape index (κ1) is 13.2. The standard InChI is InChI=1S/C11H16FN3O2/c1-14-5-2-6-15-8-4-3-7(12)10(13)9(8)11(16)17/h3-4,14-15H,2,5-6,13H2,1H3,(H,16,17). The summed E-state index contributed by atoms with van der Waals surface area (Å²) < 4.78 is 13.1. The number of carbonyl (C=O) groups is 1. The number of benzene rings is 1. The molecule has 0 unspecified atom stereocenters. The van der Waals surface area contributed by atoms with Gasteiger partial charge >= 0.3 is 5.97 Å². The van der Waals surface area contributed by atoms with E-state index in [4.69, 9.17) is 10.8 Å². The molecule has 0 saturated heterocycles. The van der Waals surface area contributed by atoms with Gasteiger partial charge in [-0.1, -0.05) is 0 Å². The maximum Gasteiger partial charge on any atom is 0.340 e. The molecule has 1 rings (SSSR count). The monoisotopic (exact) mass is 241 g/mol. The zero-order valence-electron chi connectivity index (χ0n) is 9.59. The number of rotatable bonds is 6. The van der Waals surface area contributed by atoms with Crippen molar-refractivity contribution in [3.8, 4) is 0 Å². The molecule has 0 heterocycles. The van der Waals surface area contributed by atoms with E-state index >= 15 is 0 Å². The number of nitrogen functional groups attached to an aromatic ring is 1. The molecule has 0 atom stereocenters. The highest BCUT2D eigenvalue weighted by atomic mass is 19.1. The van der Waals surface area contributed by atoms with Crippen LogP contribution in [0.4, 0.5) is 15.8 Å². The van der Waals surface area contributed by atoms with Gasteiger partial charge in [-0.25, -0.2) is 9.18 Å². The average molecular weight is 241 g/mol. The van der Waals surface area contributed by atoms with Gasteiger partial charge in [-0.05, 0) is 32.1 Å². The predicted molar refractivity (Wildman–Crippen MR) is 64.8 cm³/mol. The summed E-state index contributed by atoms with van der Waals surface area (Å²) in [5.41, 5.74) is 5.20. The summed E-state index contributed by atoms with van der Waals surface area (Å²) >= 11 is 0. The summed E-state index contributed by atoms with van der Waals surface area (Å²) in [4.78, 5) is 11.0. The quantitative estimate of drug-likeness (QED) is 0.443. The third kappa shape index (κ3) is 3.32. The van der Waals surface area contributed by atoms with Crippen LogP contribution in [0, 0.1) is 5.82 Å². The van der Waals surface area contributed by atoms with Crippen LogP contribution in [0.1, 0.15) is 16.8 Å². The van der Waals surface area contributed by atoms with Gasteiger partial charge in [0, 0.05) is 6.54 Å². The van der Waals surface area contributed by atoms with Crippen LogP contribution in [0.15, 0.2) is 12.1 Å². The minimum atomic E-state index is -1.24. The first-order chi connectivity index (χ1) is 8.07. The van der Waals surface area contributed by atoms with E-state index in [0.717, 1.165) is 19.0 Å². The highest BCUT2D eigenvalue weighted by Gasteiger charge is 2.16. The Morgan fingerprint density at radius 2 is 2.18 bits per heavy atom. The molecule has 5 N–H and O–H groups in total. The van der Waals surface area contributed by atoms with E-state index < -0.39 is 11.8 Å². The van der Waals surface area contributed by atoms with E-state index in [1.165, 1.54) is 6.07 Å². The Balaban J connectivity index is 2.84. The number of carboxylic acid groups (broad SMARTS) is 1. The Morgan fingerprint density at radius 1 is 1.47 bits per heavy atom. The first-order valence-electron chi connectivity index (χ1n) is 5.27. The van der Waals surface area contributed by atoms with Crippen molar-refractivity contribution in [3.05, 3.63) is 23.5 Å². The van der Waals surface area contributed by atoms with Crippen molar-refractivity contribution < 1.29 is 14.3 Å². The van der Waals surface area contributed by atoms with Crippen molar-refractivity contribution in [1.82, 2.24) is 5.32 Å². The molecule has 0 radical (unpaired) electrons. The van der Waals surface area contributed by atoms with Crippen molar-refractivity contribution in [2.45, 2.75) is 6.42 Å². The van der Waals surface area contributed by atoms with Crippen LogP contribution < -0.4 is 16.4 Å². The second-order valence-corrected chi connectivity index (χ2v) is 3.57. The van der Waals surface area contributed by atoms with Crippen LogP contribution in [0.5, 0.6) is 0 Å². The number of nitrogens with one attached hydrogen (secondary N) is 2. The molecular formula is C11H16FN3O2. The second kappa shape index (κ2) is 6.05. The Hall–Kier alpha value is -1.82. The molecular weight excluding hydrogens is 225 g/mol. The zero-order valence-corrected chi connectivity index (χ0v) is 9.59. The molecule has 0 aliphatic carbocycles. The lowest BCUT2D eigenvalue weighted by molar-refractivity contribution is 0.0698. The van der Waals surface area contributed by atoms with E-state index in [0.29, 0.717) is 12.2 Å². The molecule has 0 amide bonds. The minimum absolute atomic E-state index is 0.213. The lowest BCUT2D eigenvalue weighted by atomic mass is 10.1. The van der Waals surface area contributed by atoms with Crippen LogP contribution >= 0.6 is 0 Å². The van der Waals surface area contributed by atoms with Gasteiger partial charge in [-0.15, -0.1) is 0 Å². The SMILES string of the molecule is CNCCCNc1ccc(F)c(N)c1C(=O)O. The molecule has 0 bridgehead atoms. The van der Waals surface area contributed by atoms with Gasteiger partial charge in [0.1, 0.15) is 11.4 Å². The number of aromatic carboxylic acids is 1. The van der Waals surface area contributed by atoms with Gasteiger partial charge in [0.15, 0.2) is 0 Å².